The molecule has 146 valence electrons. The number of aromatic nitrogens is 2. The summed E-state index contributed by atoms with van der Waals surface area (Å²) in [4.78, 5) is 12.3. The maximum Gasteiger partial charge on any atom is 0.225 e. The van der Waals surface area contributed by atoms with Gasteiger partial charge in [-0.25, -0.2) is 4.68 Å². The molecule has 0 aliphatic heterocycles. The van der Waals surface area contributed by atoms with E-state index in [1.165, 1.54) is 55.8 Å². The second-order valence-corrected chi connectivity index (χ2v) is 6.63. The molecule has 5 heteroatoms. The van der Waals surface area contributed by atoms with E-state index >= 15 is 0 Å². The first-order chi connectivity index (χ1) is 12.2. The molecule has 1 aromatic heterocycles. The summed E-state index contributed by atoms with van der Waals surface area (Å²) < 4.78 is 1.41. The molecule has 0 saturated heterocycles. The van der Waals surface area contributed by atoms with Crippen molar-refractivity contribution in [1.82, 2.24) is 9.78 Å². The zero-order valence-electron chi connectivity index (χ0n) is 15.6. The number of carbonyl (C=O) groups is 1. The van der Waals surface area contributed by atoms with Gasteiger partial charge in [0, 0.05) is 22.9 Å². The number of rotatable bonds is 12. The molecule has 0 saturated carbocycles. The van der Waals surface area contributed by atoms with Gasteiger partial charge in [0.1, 0.15) is 0 Å². The van der Waals surface area contributed by atoms with Gasteiger partial charge in [0.25, 0.3) is 0 Å². The molecule has 0 amide bonds. The molecule has 0 spiro atoms. The van der Waals surface area contributed by atoms with Crippen molar-refractivity contribution in [2.45, 2.75) is 71.1 Å². The van der Waals surface area contributed by atoms with Gasteiger partial charge in [0.05, 0.1) is 17.4 Å². The Balaban J connectivity index is 0.00000338. The summed E-state index contributed by atoms with van der Waals surface area (Å²) in [7, 11) is 0. The van der Waals surface area contributed by atoms with Crippen LogP contribution in [0.25, 0.3) is 5.69 Å². The number of ketones is 1. The monoisotopic (exact) mass is 400 g/mol. The van der Waals surface area contributed by atoms with Crippen molar-refractivity contribution in [3.05, 3.63) is 42.1 Å². The second kappa shape index (κ2) is 12.7. The summed E-state index contributed by atoms with van der Waals surface area (Å²) in [5, 5.41) is 14.4. The number of para-hydroxylation sites is 1. The molecule has 0 bridgehead atoms. The van der Waals surface area contributed by atoms with Gasteiger partial charge in [0.15, 0.2) is 5.78 Å². The van der Waals surface area contributed by atoms with Gasteiger partial charge in [-0.1, -0.05) is 76.5 Å². The molecule has 1 N–H and O–H groups in total. The molecule has 0 radical (unpaired) electrons. The van der Waals surface area contributed by atoms with E-state index < -0.39 is 0 Å². The number of aromatic hydroxyl groups is 1. The van der Waals surface area contributed by atoms with Crippen molar-refractivity contribution in [1.29, 1.82) is 0 Å². The molecule has 1 aromatic carbocycles. The van der Waals surface area contributed by atoms with Gasteiger partial charge in [-0.05, 0) is 18.6 Å². The summed E-state index contributed by atoms with van der Waals surface area (Å²) >= 11 is 0. The van der Waals surface area contributed by atoms with Crippen molar-refractivity contribution in [3.63, 3.8) is 0 Å². The maximum atomic E-state index is 12.3. The number of hydrogen-bond donors (Lipinski definition) is 1. The first-order valence-corrected chi connectivity index (χ1v) is 9.59. The van der Waals surface area contributed by atoms with Crippen LogP contribution in [0.1, 0.15) is 81.5 Å². The molecular formula is C21H30N2NiO2. The fourth-order valence-electron chi connectivity index (χ4n) is 3.03. The number of carbonyl (C=O) groups excluding carboxylic acids is 1. The van der Waals surface area contributed by atoms with Crippen LogP contribution in [-0.4, -0.2) is 20.7 Å². The minimum Gasteiger partial charge on any atom is -0.493 e. The van der Waals surface area contributed by atoms with Gasteiger partial charge in [-0.3, -0.25) is 4.79 Å². The third-order valence-electron chi connectivity index (χ3n) is 4.55. The molecule has 0 atom stereocenters. The Morgan fingerprint density at radius 3 is 2.15 bits per heavy atom. The van der Waals surface area contributed by atoms with Gasteiger partial charge in [0.2, 0.25) is 5.88 Å². The van der Waals surface area contributed by atoms with E-state index in [0.717, 1.165) is 18.5 Å². The smallest absolute Gasteiger partial charge is 0.225 e. The van der Waals surface area contributed by atoms with Crippen molar-refractivity contribution >= 4 is 5.78 Å². The number of Topliss-reactive ketones (excluding diaryl/α,β-unsaturated/α-hetero) is 1. The molecule has 26 heavy (non-hydrogen) atoms. The normalized spacial score (nSPS) is 10.5. The average molecular weight is 401 g/mol. The van der Waals surface area contributed by atoms with Crippen LogP contribution in [0.5, 0.6) is 5.88 Å². The number of unbranched alkanes of at least 4 members (excludes halogenated alkanes) is 8. The first-order valence-electron chi connectivity index (χ1n) is 9.59. The zero-order chi connectivity index (χ0) is 17.9. The molecule has 2 aromatic rings. The molecule has 4 nitrogen and oxygen atoms in total. The van der Waals surface area contributed by atoms with Gasteiger partial charge >= 0.3 is 0 Å². The second-order valence-electron chi connectivity index (χ2n) is 6.63. The first kappa shape index (κ1) is 22.4. The Labute approximate surface area is 166 Å². The van der Waals surface area contributed by atoms with Crippen LogP contribution in [-0.2, 0) is 16.5 Å². The largest absolute Gasteiger partial charge is 0.493 e. The van der Waals surface area contributed by atoms with E-state index in [2.05, 4.69) is 12.0 Å². The van der Waals surface area contributed by atoms with E-state index in [4.69, 9.17) is 0 Å². The van der Waals surface area contributed by atoms with E-state index in [0.29, 0.717) is 12.0 Å². The van der Waals surface area contributed by atoms with Gasteiger partial charge in [-0.15, -0.1) is 0 Å². The van der Waals surface area contributed by atoms with Crippen LogP contribution in [0.2, 0.25) is 0 Å². The zero-order valence-corrected chi connectivity index (χ0v) is 16.6. The number of benzene rings is 1. The third kappa shape index (κ3) is 6.95. The Morgan fingerprint density at radius 2 is 1.54 bits per heavy atom. The fourth-order valence-corrected chi connectivity index (χ4v) is 3.03. The van der Waals surface area contributed by atoms with Crippen LogP contribution >= 0.6 is 0 Å². The van der Waals surface area contributed by atoms with E-state index in [1.807, 2.05) is 30.3 Å². The summed E-state index contributed by atoms with van der Waals surface area (Å²) in [6.07, 6.45) is 13.0. The summed E-state index contributed by atoms with van der Waals surface area (Å²) in [5.74, 6) is -0.0882. The Bertz CT molecular complexity index is 641. The Hall–Kier alpha value is -1.61. The van der Waals surface area contributed by atoms with E-state index in [1.54, 1.807) is 0 Å². The maximum absolute atomic E-state index is 12.3. The summed E-state index contributed by atoms with van der Waals surface area (Å²) in [6.45, 7) is 2.23. The van der Waals surface area contributed by atoms with Crippen molar-refractivity contribution in [3.8, 4) is 11.6 Å². The fraction of sp³-hybridized carbons (Fsp3) is 0.524. The number of hydrogen-bond acceptors (Lipinski definition) is 3. The standard InChI is InChI=1S/C21H30N2O2.Ni/c1-2-3-4-5-6-7-8-9-13-16-20(24)19-17-22-23(21(19)25)18-14-11-10-12-15-18;/h10-12,14-15,17,25H,2-9,13,16H2,1H3;. The topological polar surface area (TPSA) is 55.1 Å². The predicted octanol–water partition coefficient (Wildman–Crippen LogP) is 5.68. The van der Waals surface area contributed by atoms with Crippen molar-refractivity contribution in [2.75, 3.05) is 0 Å². The Morgan fingerprint density at radius 1 is 0.962 bits per heavy atom. The third-order valence-corrected chi connectivity index (χ3v) is 4.55. The quantitative estimate of drug-likeness (QED) is 0.283. The van der Waals surface area contributed by atoms with Gasteiger partial charge in [-0.2, -0.15) is 5.10 Å². The summed E-state index contributed by atoms with van der Waals surface area (Å²) in [6, 6.07) is 9.35. The van der Waals surface area contributed by atoms with Gasteiger partial charge < -0.3 is 5.11 Å². The van der Waals surface area contributed by atoms with Crippen LogP contribution in [0, 0.1) is 0 Å². The predicted molar refractivity (Wildman–Crippen MR) is 101 cm³/mol. The van der Waals surface area contributed by atoms with Crippen LogP contribution < -0.4 is 0 Å². The van der Waals surface area contributed by atoms with Crippen molar-refractivity contribution in [2.24, 2.45) is 0 Å². The average Bonchev–Trinajstić information content (AvgIpc) is 3.02. The molecule has 0 fully saturated rings. The number of nitrogens with zero attached hydrogens (tertiary/aromatic N) is 2. The molecule has 1 heterocycles. The molecule has 2 rings (SSSR count). The minimum absolute atomic E-state index is 0. The molecule has 0 aliphatic carbocycles. The van der Waals surface area contributed by atoms with E-state index in [9.17, 15) is 9.90 Å². The SMILES string of the molecule is CCCCCCCCCCCC(=O)c1cnn(-c2ccccc2)c1O.[Ni]. The molecule has 0 unspecified atom stereocenters. The summed E-state index contributed by atoms with van der Waals surface area (Å²) in [5.41, 5.74) is 1.07. The molecule has 0 aliphatic rings. The van der Waals surface area contributed by atoms with Crippen molar-refractivity contribution < 1.29 is 26.4 Å². The van der Waals surface area contributed by atoms with E-state index in [-0.39, 0.29) is 28.2 Å². The molecular weight excluding hydrogens is 371 g/mol. The van der Waals surface area contributed by atoms with Crippen LogP contribution in [0.3, 0.4) is 0 Å². The van der Waals surface area contributed by atoms with Crippen LogP contribution in [0.4, 0.5) is 0 Å². The Kier molecular flexibility index (Phi) is 11.0. The van der Waals surface area contributed by atoms with Crippen LogP contribution in [0.15, 0.2) is 36.5 Å². The minimum atomic E-state index is -0.0628.